The van der Waals surface area contributed by atoms with Crippen molar-refractivity contribution < 1.29 is 33.8 Å². The lowest BCUT2D eigenvalue weighted by molar-refractivity contribution is -0.162. The highest BCUT2D eigenvalue weighted by Gasteiger charge is 2.47. The number of rotatable bonds is 10. The molecule has 374 valence electrons. The van der Waals surface area contributed by atoms with Crippen LogP contribution in [0.4, 0.5) is 0 Å². The van der Waals surface area contributed by atoms with Gasteiger partial charge in [0.2, 0.25) is 17.7 Å². The number of cyclic esters (lactones) is 1. The molecule has 1 aromatic heterocycles. The summed E-state index contributed by atoms with van der Waals surface area (Å²) in [6.07, 6.45) is 5.66. The van der Waals surface area contributed by atoms with Gasteiger partial charge in [-0.05, 0) is 142 Å². The Labute approximate surface area is 413 Å². The summed E-state index contributed by atoms with van der Waals surface area (Å²) in [6, 6.07) is 18.5. The van der Waals surface area contributed by atoms with Gasteiger partial charge in [0, 0.05) is 62.5 Å². The van der Waals surface area contributed by atoms with Crippen molar-refractivity contribution in [2.75, 3.05) is 46.4 Å². The minimum Gasteiger partial charge on any atom is -0.508 e. The number of likely N-dealkylation sites (N-methyl/N-ethyl adjacent to an activating group) is 1. The normalized spacial score (nSPS) is 23.5. The van der Waals surface area contributed by atoms with Crippen molar-refractivity contribution in [2.24, 2.45) is 16.7 Å². The molecule has 3 fully saturated rings. The average Bonchev–Trinajstić information content (AvgIpc) is 4.07. The van der Waals surface area contributed by atoms with Gasteiger partial charge in [-0.25, -0.2) is 10.2 Å². The van der Waals surface area contributed by atoms with Gasteiger partial charge < -0.3 is 29.5 Å². The number of benzene rings is 3. The lowest BCUT2D eigenvalue weighted by atomic mass is 9.84. The zero-order valence-electron chi connectivity index (χ0n) is 42.5. The van der Waals surface area contributed by atoms with E-state index in [2.05, 4.69) is 90.0 Å². The third-order valence-electron chi connectivity index (χ3n) is 15.2. The third kappa shape index (κ3) is 10.3. The zero-order chi connectivity index (χ0) is 50.3. The number of hydrogen-bond donors (Lipinski definition) is 3. The molecular weight excluding hydrogens is 883 g/mol. The van der Waals surface area contributed by atoms with Crippen LogP contribution in [0.25, 0.3) is 33.3 Å². The van der Waals surface area contributed by atoms with Crippen LogP contribution >= 0.6 is 0 Å². The number of phenols is 1. The number of aromatic hydroxyl groups is 1. The van der Waals surface area contributed by atoms with Crippen LogP contribution in [0.5, 0.6) is 5.75 Å². The molecule has 14 heteroatoms. The molecule has 0 radical (unpaired) electrons. The number of amides is 4. The van der Waals surface area contributed by atoms with Crippen molar-refractivity contribution in [2.45, 2.75) is 124 Å². The average molecular weight is 956 g/mol. The van der Waals surface area contributed by atoms with Crippen LogP contribution in [0.3, 0.4) is 0 Å². The number of hydrogen-bond acceptors (Lipinski definition) is 9. The maximum atomic E-state index is 14.9. The molecule has 3 aromatic carbocycles. The predicted molar refractivity (Wildman–Crippen MR) is 272 cm³/mol. The van der Waals surface area contributed by atoms with Gasteiger partial charge in [0.05, 0.1) is 17.7 Å². The number of phenolic OH excluding ortho intramolecular Hbond substituents is 1. The van der Waals surface area contributed by atoms with Crippen molar-refractivity contribution in [3.8, 4) is 28.1 Å². The molecule has 8 rings (SSSR count). The lowest BCUT2D eigenvalue weighted by Crippen LogP contribution is -2.66. The number of nitrogens with one attached hydrogen (secondary N) is 2. The number of carbonyl (C=O) groups is 5. The molecule has 4 atom stereocenters. The number of aromatic nitrogens is 1. The first-order valence-electron chi connectivity index (χ1n) is 25.3. The monoisotopic (exact) mass is 956 g/mol. The van der Waals surface area contributed by atoms with Crippen LogP contribution in [-0.2, 0) is 54.6 Å². The molecule has 6 bridgehead atoms. The maximum absolute atomic E-state index is 14.9. The summed E-state index contributed by atoms with van der Waals surface area (Å²) in [5, 5.41) is 16.9. The number of carbonyl (C=O) groups excluding carboxylic acids is 5. The predicted octanol–water partition coefficient (Wildman–Crippen LogP) is 7.24. The number of aryl methyl sites for hydroxylation is 1. The number of esters is 1. The summed E-state index contributed by atoms with van der Waals surface area (Å²) in [5.74, 6) is -2.36. The van der Waals surface area contributed by atoms with Crippen LogP contribution in [0.2, 0.25) is 0 Å². The van der Waals surface area contributed by atoms with Crippen LogP contribution in [0.15, 0.2) is 73.3 Å². The third-order valence-corrected chi connectivity index (χ3v) is 15.2. The Kier molecular flexibility index (Phi) is 14.4. The molecule has 3 N–H and O–H groups in total. The van der Waals surface area contributed by atoms with Gasteiger partial charge >= 0.3 is 5.97 Å². The largest absolute Gasteiger partial charge is 0.508 e. The van der Waals surface area contributed by atoms with Crippen molar-refractivity contribution in [3.63, 3.8) is 0 Å². The molecule has 0 spiro atoms. The van der Waals surface area contributed by atoms with Crippen molar-refractivity contribution in [1.29, 1.82) is 0 Å². The Bertz CT molecular complexity index is 2670. The van der Waals surface area contributed by atoms with E-state index in [-0.39, 0.29) is 49.6 Å². The second-order valence-corrected chi connectivity index (χ2v) is 22.0. The van der Waals surface area contributed by atoms with Gasteiger partial charge in [0.1, 0.15) is 23.4 Å². The molecule has 5 heterocycles. The van der Waals surface area contributed by atoms with Crippen molar-refractivity contribution in [1.82, 2.24) is 35.0 Å². The van der Waals surface area contributed by atoms with Gasteiger partial charge in [-0.2, -0.15) is 0 Å². The summed E-state index contributed by atoms with van der Waals surface area (Å²) in [7, 11) is 1.60. The van der Waals surface area contributed by atoms with Gasteiger partial charge in [-0.3, -0.25) is 29.1 Å². The Hall–Kier alpha value is -5.99. The molecule has 14 nitrogen and oxygen atoms in total. The highest BCUT2D eigenvalue weighted by atomic mass is 16.5. The Balaban J connectivity index is 1.18. The number of hydrazine groups is 1. The maximum Gasteiger partial charge on any atom is 0.327 e. The minimum absolute atomic E-state index is 0.00404. The highest BCUT2D eigenvalue weighted by molar-refractivity contribution is 5.96. The Morgan fingerprint density at radius 1 is 0.929 bits per heavy atom. The van der Waals surface area contributed by atoms with Crippen LogP contribution < -0.4 is 10.7 Å². The fourth-order valence-corrected chi connectivity index (χ4v) is 11.4. The van der Waals surface area contributed by atoms with E-state index >= 15 is 0 Å². The summed E-state index contributed by atoms with van der Waals surface area (Å²) in [4.78, 5) is 76.2. The van der Waals surface area contributed by atoms with E-state index in [1.54, 1.807) is 31.0 Å². The number of nitrogens with zero attached hydrogens (tertiary/aromatic N) is 5. The summed E-state index contributed by atoms with van der Waals surface area (Å²) < 4.78 is 8.61. The smallest absolute Gasteiger partial charge is 0.327 e. The summed E-state index contributed by atoms with van der Waals surface area (Å²) >= 11 is 0. The van der Waals surface area contributed by atoms with Gasteiger partial charge in [-0.1, -0.05) is 70.7 Å². The van der Waals surface area contributed by atoms with E-state index in [1.807, 2.05) is 26.8 Å². The van der Waals surface area contributed by atoms with E-state index in [9.17, 15) is 29.1 Å². The second-order valence-electron chi connectivity index (χ2n) is 22.0. The molecule has 0 unspecified atom stereocenters. The van der Waals surface area contributed by atoms with E-state index < -0.39 is 46.2 Å². The molecule has 0 saturated carbocycles. The molecule has 70 heavy (non-hydrogen) atoms. The first kappa shape index (κ1) is 50.4. The van der Waals surface area contributed by atoms with Gasteiger partial charge in [0.15, 0.2) is 0 Å². The van der Waals surface area contributed by atoms with Crippen LogP contribution in [0.1, 0.15) is 97.3 Å². The highest BCUT2D eigenvalue weighted by Crippen LogP contribution is 2.41. The van der Waals surface area contributed by atoms with E-state index in [0.29, 0.717) is 37.8 Å². The van der Waals surface area contributed by atoms with E-state index in [0.717, 1.165) is 65.0 Å². The number of fused-ring (bicyclic) bond motifs is 6. The number of ether oxygens (including phenoxy) is 1. The molecule has 4 amide bonds. The Morgan fingerprint density at radius 3 is 2.33 bits per heavy atom. The van der Waals surface area contributed by atoms with E-state index in [4.69, 9.17) is 4.74 Å². The summed E-state index contributed by atoms with van der Waals surface area (Å²) in [5.41, 5.74) is 8.48. The fourth-order valence-electron chi connectivity index (χ4n) is 11.4. The lowest BCUT2D eigenvalue weighted by Gasteiger charge is -2.42. The first-order chi connectivity index (χ1) is 33.2. The first-order valence-corrected chi connectivity index (χ1v) is 25.3. The topological polar surface area (TPSA) is 157 Å². The molecule has 0 aliphatic carbocycles. The van der Waals surface area contributed by atoms with Crippen LogP contribution in [-0.4, -0.2) is 123 Å². The molecule has 3 saturated heterocycles. The molecule has 4 aliphatic heterocycles. The zero-order valence-corrected chi connectivity index (χ0v) is 42.5. The molecule has 4 aromatic rings. The quantitative estimate of drug-likeness (QED) is 0.110. The van der Waals surface area contributed by atoms with E-state index in [1.165, 1.54) is 34.4 Å². The SMILES string of the molecule is C=CC(=O)N1CC[C@@](C)(C(=O)N(C)[C@H](C(=O)N[C@H]2Cc3cc(O)cc(c3)-c3ccc4c(c3)c(c(-c3ccc(CN5CCCC5)cc3)n4CC)CC(C)(C)COC(=O)[C@@]3(C)CCCN(N3)C2=O)C(C)C)C1. The van der Waals surface area contributed by atoms with Crippen molar-refractivity contribution >= 4 is 40.5 Å². The van der Waals surface area contributed by atoms with Gasteiger partial charge in [-0.15, -0.1) is 0 Å². The molecular formula is C56H73N7O7. The fraction of sp³-hybridized carbons (Fsp3) is 0.518. The van der Waals surface area contributed by atoms with Crippen LogP contribution in [0, 0.1) is 16.7 Å². The Morgan fingerprint density at radius 2 is 1.64 bits per heavy atom. The minimum atomic E-state index is -1.25. The summed E-state index contributed by atoms with van der Waals surface area (Å²) in [6.45, 7) is 22.1. The second kappa shape index (κ2) is 20.0. The number of likely N-dealkylation sites (tertiary alicyclic amines) is 2. The molecule has 4 aliphatic rings. The van der Waals surface area contributed by atoms with Crippen molar-refractivity contribution in [3.05, 3.63) is 90.0 Å². The standard InChI is InChI=1S/C56H73N7O7/c1-10-47(65)61-26-22-55(7,34-61)52(68)59(9)48(36(3)4)50(66)57-45-29-38-27-41(30-42(64)28-38)40-19-20-46-43(31-40)44(32-54(5,6)35-70-53(69)56(8)21-14-25-63(58-56)51(45)67)49(62(46)11-2)39-17-15-37(16-18-39)33-60-23-12-13-24-60/h10,15-20,27-28,30-31,36,45,48,58,64H,1,11-14,21-26,29,32-35H2,2-9H3,(H,57,66)/t45-,48-,55+,56+/m0/s1. The van der Waals surface area contributed by atoms with Gasteiger partial charge in [0.25, 0.3) is 5.91 Å².